The van der Waals surface area contributed by atoms with Gasteiger partial charge in [0.25, 0.3) is 0 Å². The van der Waals surface area contributed by atoms with Gasteiger partial charge >= 0.3 is 0 Å². The Morgan fingerprint density at radius 3 is 2.35 bits per heavy atom. The molecule has 1 aromatic heterocycles. The molecule has 0 aliphatic carbocycles. The summed E-state index contributed by atoms with van der Waals surface area (Å²) in [5.41, 5.74) is 4.12. The molecule has 1 aromatic carbocycles. The van der Waals surface area contributed by atoms with E-state index in [0.29, 0.717) is 0 Å². The molecule has 2 aliphatic rings. The van der Waals surface area contributed by atoms with E-state index in [4.69, 9.17) is 0 Å². The molecule has 4 rings (SSSR count). The topological polar surface area (TPSA) is 36.4 Å². The van der Waals surface area contributed by atoms with E-state index < -0.39 is 0 Å². The Kier molecular flexibility index (Phi) is 4.53. The molecule has 2 saturated heterocycles. The van der Waals surface area contributed by atoms with E-state index in [1.807, 2.05) is 11.1 Å². The fourth-order valence-corrected chi connectivity index (χ4v) is 4.44. The van der Waals surface area contributed by atoms with Crippen molar-refractivity contribution in [2.24, 2.45) is 0 Å². The van der Waals surface area contributed by atoms with E-state index in [2.05, 4.69) is 60.1 Å². The maximum Gasteiger partial charge on any atom is 0.247 e. The highest BCUT2D eigenvalue weighted by Gasteiger charge is 2.51. The van der Waals surface area contributed by atoms with E-state index in [1.165, 1.54) is 11.1 Å². The maximum absolute atomic E-state index is 13.6. The lowest BCUT2D eigenvalue weighted by atomic mass is 9.85. The zero-order valence-corrected chi connectivity index (χ0v) is 15.7. The molecule has 0 bridgehead atoms. The van der Waals surface area contributed by atoms with Gasteiger partial charge in [0, 0.05) is 25.0 Å². The van der Waals surface area contributed by atoms with Gasteiger partial charge in [-0.05, 0) is 69.8 Å². The number of hydrogen-bond donors (Lipinski definition) is 0. The number of anilines is 1. The summed E-state index contributed by atoms with van der Waals surface area (Å²) in [7, 11) is 0. The van der Waals surface area contributed by atoms with Crippen LogP contribution in [0.25, 0.3) is 0 Å². The van der Waals surface area contributed by atoms with Crippen molar-refractivity contribution in [2.45, 2.75) is 51.6 Å². The lowest BCUT2D eigenvalue weighted by Crippen LogP contribution is -2.60. The van der Waals surface area contributed by atoms with Crippen LogP contribution < -0.4 is 4.90 Å². The molecule has 2 aromatic rings. The van der Waals surface area contributed by atoms with Crippen molar-refractivity contribution in [3.05, 3.63) is 59.4 Å². The fourth-order valence-electron chi connectivity index (χ4n) is 4.44. The van der Waals surface area contributed by atoms with Crippen LogP contribution in [0, 0.1) is 13.8 Å². The van der Waals surface area contributed by atoms with Crippen molar-refractivity contribution < 1.29 is 4.79 Å². The van der Waals surface area contributed by atoms with Crippen LogP contribution in [0.5, 0.6) is 0 Å². The summed E-state index contributed by atoms with van der Waals surface area (Å²) < 4.78 is 0. The number of rotatable bonds is 3. The minimum absolute atomic E-state index is 0.275. The van der Waals surface area contributed by atoms with Crippen molar-refractivity contribution >= 4 is 11.6 Å². The monoisotopic (exact) mass is 349 g/mol. The van der Waals surface area contributed by atoms with Crippen LogP contribution in [0.3, 0.4) is 0 Å². The number of piperidine rings is 1. The molecule has 1 spiro atoms. The molecular weight excluding hydrogens is 322 g/mol. The van der Waals surface area contributed by atoms with Crippen LogP contribution in [0.4, 0.5) is 5.69 Å². The Hall–Kier alpha value is -2.20. The van der Waals surface area contributed by atoms with Gasteiger partial charge in [0.15, 0.2) is 0 Å². The number of pyridine rings is 1. The van der Waals surface area contributed by atoms with E-state index in [9.17, 15) is 4.79 Å². The summed E-state index contributed by atoms with van der Waals surface area (Å²) in [6.07, 6.45) is 5.97. The molecule has 0 saturated carbocycles. The van der Waals surface area contributed by atoms with Gasteiger partial charge < -0.3 is 4.90 Å². The molecule has 1 atom stereocenters. The lowest BCUT2D eigenvalue weighted by Gasteiger charge is -2.44. The molecule has 2 fully saturated rings. The third kappa shape index (κ3) is 3.03. The minimum Gasteiger partial charge on any atom is -0.311 e. The molecule has 0 radical (unpaired) electrons. The van der Waals surface area contributed by atoms with Gasteiger partial charge in [-0.2, -0.15) is 0 Å². The first kappa shape index (κ1) is 17.2. The number of carbonyl (C=O) groups excluding carboxylic acids is 1. The van der Waals surface area contributed by atoms with Crippen molar-refractivity contribution in [3.8, 4) is 0 Å². The van der Waals surface area contributed by atoms with Crippen molar-refractivity contribution in [3.63, 3.8) is 0 Å². The SMILES string of the molecule is Cc1ccc(N2CCCC3(CCCN3Cc3ccc(C)cn3)C2=O)cc1. The number of carbonyl (C=O) groups is 1. The quantitative estimate of drug-likeness (QED) is 0.844. The van der Waals surface area contributed by atoms with Crippen LogP contribution in [0.1, 0.15) is 42.5 Å². The lowest BCUT2D eigenvalue weighted by molar-refractivity contribution is -0.131. The standard InChI is InChI=1S/C22H27N3O/c1-17-6-9-20(10-7-17)25-14-4-12-22(21(25)26)11-3-13-24(22)16-19-8-5-18(2)15-23-19/h5-10,15H,3-4,11-14,16H2,1-2H3. The van der Waals surface area contributed by atoms with Crippen LogP contribution in [0.15, 0.2) is 42.6 Å². The highest BCUT2D eigenvalue weighted by Crippen LogP contribution is 2.40. The summed E-state index contributed by atoms with van der Waals surface area (Å²) in [4.78, 5) is 22.5. The minimum atomic E-state index is -0.351. The second kappa shape index (κ2) is 6.84. The average Bonchev–Trinajstić information content (AvgIpc) is 3.03. The summed E-state index contributed by atoms with van der Waals surface area (Å²) in [5, 5.41) is 0. The van der Waals surface area contributed by atoms with Crippen LogP contribution in [-0.4, -0.2) is 34.4 Å². The summed E-state index contributed by atoms with van der Waals surface area (Å²) >= 11 is 0. The van der Waals surface area contributed by atoms with Crippen molar-refractivity contribution in [1.29, 1.82) is 0 Å². The summed E-state index contributed by atoms with van der Waals surface area (Å²) in [5.74, 6) is 0.275. The van der Waals surface area contributed by atoms with Gasteiger partial charge in [0.2, 0.25) is 5.91 Å². The first-order chi connectivity index (χ1) is 12.6. The molecule has 3 heterocycles. The highest BCUT2D eigenvalue weighted by molar-refractivity contribution is 6.01. The first-order valence-corrected chi connectivity index (χ1v) is 9.64. The molecule has 1 amide bonds. The summed E-state index contributed by atoms with van der Waals surface area (Å²) in [6, 6.07) is 12.5. The number of likely N-dealkylation sites (tertiary alicyclic amines) is 1. The first-order valence-electron chi connectivity index (χ1n) is 9.64. The second-order valence-electron chi connectivity index (χ2n) is 7.78. The third-order valence-corrected chi connectivity index (χ3v) is 5.91. The number of aromatic nitrogens is 1. The highest BCUT2D eigenvalue weighted by atomic mass is 16.2. The molecule has 1 unspecified atom stereocenters. The Morgan fingerprint density at radius 1 is 0.962 bits per heavy atom. The fraction of sp³-hybridized carbons (Fsp3) is 0.455. The maximum atomic E-state index is 13.6. The number of hydrogen-bond acceptors (Lipinski definition) is 3. The second-order valence-corrected chi connectivity index (χ2v) is 7.78. The Labute approximate surface area is 155 Å². The average molecular weight is 349 g/mol. The molecule has 0 N–H and O–H groups in total. The number of aryl methyl sites for hydroxylation is 2. The van der Waals surface area contributed by atoms with Gasteiger partial charge in [-0.25, -0.2) is 0 Å². The van der Waals surface area contributed by atoms with Crippen molar-refractivity contribution in [2.75, 3.05) is 18.0 Å². The van der Waals surface area contributed by atoms with E-state index in [0.717, 1.165) is 56.7 Å². The zero-order chi connectivity index (χ0) is 18.1. The van der Waals surface area contributed by atoms with Gasteiger partial charge in [-0.15, -0.1) is 0 Å². The normalized spacial score (nSPS) is 23.8. The predicted octanol–water partition coefficient (Wildman–Crippen LogP) is 3.86. The number of benzene rings is 1. The van der Waals surface area contributed by atoms with Gasteiger partial charge in [-0.1, -0.05) is 23.8 Å². The largest absolute Gasteiger partial charge is 0.311 e. The Bertz CT molecular complexity index is 784. The van der Waals surface area contributed by atoms with Gasteiger partial charge in [0.1, 0.15) is 5.54 Å². The zero-order valence-electron chi connectivity index (χ0n) is 15.7. The Morgan fingerprint density at radius 2 is 1.65 bits per heavy atom. The van der Waals surface area contributed by atoms with Gasteiger partial charge in [0.05, 0.1) is 5.69 Å². The Balaban J connectivity index is 1.59. The van der Waals surface area contributed by atoms with Crippen LogP contribution >= 0.6 is 0 Å². The molecule has 136 valence electrons. The van der Waals surface area contributed by atoms with E-state index >= 15 is 0 Å². The molecule has 4 nitrogen and oxygen atoms in total. The van der Waals surface area contributed by atoms with E-state index in [-0.39, 0.29) is 11.4 Å². The third-order valence-electron chi connectivity index (χ3n) is 5.91. The van der Waals surface area contributed by atoms with Crippen LogP contribution in [-0.2, 0) is 11.3 Å². The predicted molar refractivity (Wildman–Crippen MR) is 104 cm³/mol. The smallest absolute Gasteiger partial charge is 0.247 e. The molecule has 2 aliphatic heterocycles. The summed E-state index contributed by atoms with van der Waals surface area (Å²) in [6.45, 7) is 6.69. The molecule has 26 heavy (non-hydrogen) atoms. The van der Waals surface area contributed by atoms with Crippen LogP contribution in [0.2, 0.25) is 0 Å². The number of nitrogens with zero attached hydrogens (tertiary/aromatic N) is 3. The van der Waals surface area contributed by atoms with Crippen molar-refractivity contribution in [1.82, 2.24) is 9.88 Å². The van der Waals surface area contributed by atoms with E-state index in [1.54, 1.807) is 0 Å². The molecule has 4 heteroatoms. The van der Waals surface area contributed by atoms with Gasteiger partial charge in [-0.3, -0.25) is 14.7 Å². The number of amides is 1. The molecular formula is C22H27N3O.